The molecule has 0 saturated carbocycles. The predicted molar refractivity (Wildman–Crippen MR) is 77.0 cm³/mol. The van der Waals surface area contributed by atoms with E-state index in [0.717, 1.165) is 5.92 Å². The van der Waals surface area contributed by atoms with Gasteiger partial charge in [0.15, 0.2) is 0 Å². The molecule has 2 aliphatic carbocycles. The third kappa shape index (κ3) is 2.33. The van der Waals surface area contributed by atoms with Crippen molar-refractivity contribution in [3.05, 3.63) is 34.4 Å². The summed E-state index contributed by atoms with van der Waals surface area (Å²) < 4.78 is 0. The Hall–Kier alpha value is -0.820. The van der Waals surface area contributed by atoms with Gasteiger partial charge in [-0.25, -0.2) is 0 Å². The van der Waals surface area contributed by atoms with Crippen LogP contribution >= 0.6 is 0 Å². The van der Waals surface area contributed by atoms with E-state index in [-0.39, 0.29) is 0 Å². The van der Waals surface area contributed by atoms with E-state index < -0.39 is 0 Å². The molecule has 2 aliphatic rings. The van der Waals surface area contributed by atoms with Crippen molar-refractivity contribution in [2.45, 2.75) is 58.4 Å². The molecule has 0 aliphatic heterocycles. The number of benzene rings is 1. The molecule has 0 radical (unpaired) electrons. The van der Waals surface area contributed by atoms with Crippen LogP contribution in [0.25, 0.3) is 0 Å². The molecule has 1 aromatic rings. The second-order valence-corrected chi connectivity index (χ2v) is 6.40. The van der Waals surface area contributed by atoms with Crippen LogP contribution in [0.5, 0.6) is 0 Å². The van der Waals surface area contributed by atoms with Crippen LogP contribution in [0.4, 0.5) is 0 Å². The first-order valence-electron chi connectivity index (χ1n) is 7.62. The van der Waals surface area contributed by atoms with Gasteiger partial charge in [-0.1, -0.05) is 26.0 Å². The van der Waals surface area contributed by atoms with E-state index >= 15 is 0 Å². The van der Waals surface area contributed by atoms with Gasteiger partial charge in [-0.15, -0.1) is 0 Å². The molecule has 0 aromatic heterocycles. The summed E-state index contributed by atoms with van der Waals surface area (Å²) in [5.74, 6) is 0.804. The molecule has 1 atom stereocenters. The van der Waals surface area contributed by atoms with Gasteiger partial charge in [0, 0.05) is 6.04 Å². The standard InChI is InChI=1S/C17H25N/c1-12(2)8-9-18-17-7-6-15-10-13-4-3-5-14(13)11-16(15)17/h10-12,17-18H,3-9H2,1-2H3. The van der Waals surface area contributed by atoms with E-state index in [1.54, 1.807) is 22.3 Å². The van der Waals surface area contributed by atoms with Crippen molar-refractivity contribution in [3.8, 4) is 0 Å². The maximum atomic E-state index is 3.76. The first kappa shape index (κ1) is 12.2. The van der Waals surface area contributed by atoms with E-state index in [1.807, 2.05) is 0 Å². The monoisotopic (exact) mass is 243 g/mol. The quantitative estimate of drug-likeness (QED) is 0.848. The minimum Gasteiger partial charge on any atom is -0.310 e. The fourth-order valence-corrected chi connectivity index (χ4v) is 3.45. The lowest BCUT2D eigenvalue weighted by Crippen LogP contribution is -2.21. The lowest BCUT2D eigenvalue weighted by atomic mass is 10.0. The van der Waals surface area contributed by atoms with E-state index in [2.05, 4.69) is 31.3 Å². The van der Waals surface area contributed by atoms with Gasteiger partial charge in [0.2, 0.25) is 0 Å². The van der Waals surface area contributed by atoms with Gasteiger partial charge in [0.1, 0.15) is 0 Å². The van der Waals surface area contributed by atoms with Gasteiger partial charge in [-0.05, 0) is 73.2 Å². The van der Waals surface area contributed by atoms with E-state index in [9.17, 15) is 0 Å². The Morgan fingerprint density at radius 2 is 1.89 bits per heavy atom. The number of hydrogen-bond donors (Lipinski definition) is 1. The molecule has 1 N–H and O–H groups in total. The van der Waals surface area contributed by atoms with Gasteiger partial charge in [0.05, 0.1) is 0 Å². The normalized spacial score (nSPS) is 21.4. The van der Waals surface area contributed by atoms with Crippen molar-refractivity contribution < 1.29 is 0 Å². The number of aryl methyl sites for hydroxylation is 3. The Bertz CT molecular complexity index is 433. The van der Waals surface area contributed by atoms with E-state index in [1.165, 1.54) is 45.1 Å². The van der Waals surface area contributed by atoms with Crippen LogP contribution in [0.15, 0.2) is 12.1 Å². The zero-order valence-electron chi connectivity index (χ0n) is 11.8. The van der Waals surface area contributed by atoms with Crippen LogP contribution in [0.2, 0.25) is 0 Å². The predicted octanol–water partition coefficient (Wildman–Crippen LogP) is 3.80. The minimum absolute atomic E-state index is 0.629. The average Bonchev–Trinajstić information content (AvgIpc) is 2.92. The summed E-state index contributed by atoms with van der Waals surface area (Å²) in [6.07, 6.45) is 7.86. The largest absolute Gasteiger partial charge is 0.310 e. The molecule has 1 unspecified atom stereocenters. The fraction of sp³-hybridized carbons (Fsp3) is 0.647. The summed E-state index contributed by atoms with van der Waals surface area (Å²) in [5.41, 5.74) is 6.50. The van der Waals surface area contributed by atoms with Crippen LogP contribution in [-0.2, 0) is 19.3 Å². The van der Waals surface area contributed by atoms with Crippen molar-refractivity contribution in [2.75, 3.05) is 6.54 Å². The van der Waals surface area contributed by atoms with Gasteiger partial charge in [0.25, 0.3) is 0 Å². The summed E-state index contributed by atoms with van der Waals surface area (Å²) in [6.45, 7) is 5.77. The Morgan fingerprint density at radius 1 is 1.11 bits per heavy atom. The SMILES string of the molecule is CC(C)CCNC1CCc2cc3c(cc21)CCC3. The van der Waals surface area contributed by atoms with Crippen LogP contribution in [0.1, 0.15) is 61.4 Å². The zero-order chi connectivity index (χ0) is 12.5. The van der Waals surface area contributed by atoms with Gasteiger partial charge in [-0.3, -0.25) is 0 Å². The number of fused-ring (bicyclic) bond motifs is 2. The summed E-state index contributed by atoms with van der Waals surface area (Å²) in [6, 6.07) is 5.64. The zero-order valence-corrected chi connectivity index (χ0v) is 11.8. The molecular weight excluding hydrogens is 218 g/mol. The van der Waals surface area contributed by atoms with Crippen molar-refractivity contribution in [1.29, 1.82) is 0 Å². The molecule has 0 bridgehead atoms. The van der Waals surface area contributed by atoms with Crippen LogP contribution < -0.4 is 5.32 Å². The first-order chi connectivity index (χ1) is 8.74. The van der Waals surface area contributed by atoms with Crippen LogP contribution in [0, 0.1) is 5.92 Å². The summed E-state index contributed by atoms with van der Waals surface area (Å²) in [4.78, 5) is 0. The number of hydrogen-bond acceptors (Lipinski definition) is 1. The van der Waals surface area contributed by atoms with Crippen molar-refractivity contribution in [3.63, 3.8) is 0 Å². The highest BCUT2D eigenvalue weighted by atomic mass is 14.9. The highest BCUT2D eigenvalue weighted by Crippen LogP contribution is 2.35. The molecule has 98 valence electrons. The Kier molecular flexibility index (Phi) is 3.43. The summed E-state index contributed by atoms with van der Waals surface area (Å²) in [7, 11) is 0. The number of nitrogens with one attached hydrogen (secondary N) is 1. The minimum atomic E-state index is 0.629. The summed E-state index contributed by atoms with van der Waals surface area (Å²) >= 11 is 0. The summed E-state index contributed by atoms with van der Waals surface area (Å²) in [5, 5.41) is 3.76. The van der Waals surface area contributed by atoms with Crippen LogP contribution in [-0.4, -0.2) is 6.54 Å². The van der Waals surface area contributed by atoms with Gasteiger partial charge in [-0.2, -0.15) is 0 Å². The second-order valence-electron chi connectivity index (χ2n) is 6.40. The topological polar surface area (TPSA) is 12.0 Å². The molecule has 1 aromatic carbocycles. The Balaban J connectivity index is 1.71. The molecule has 0 fully saturated rings. The maximum Gasteiger partial charge on any atom is 0.0326 e. The smallest absolute Gasteiger partial charge is 0.0326 e. The molecule has 0 amide bonds. The lowest BCUT2D eigenvalue weighted by Gasteiger charge is -2.16. The molecule has 1 nitrogen and oxygen atoms in total. The van der Waals surface area contributed by atoms with Gasteiger partial charge < -0.3 is 5.32 Å². The van der Waals surface area contributed by atoms with Crippen LogP contribution in [0.3, 0.4) is 0 Å². The second kappa shape index (κ2) is 5.05. The highest BCUT2D eigenvalue weighted by molar-refractivity contribution is 5.44. The fourth-order valence-electron chi connectivity index (χ4n) is 3.45. The highest BCUT2D eigenvalue weighted by Gasteiger charge is 2.24. The van der Waals surface area contributed by atoms with Crippen molar-refractivity contribution >= 4 is 0 Å². The number of rotatable bonds is 4. The first-order valence-corrected chi connectivity index (χ1v) is 7.62. The van der Waals surface area contributed by atoms with Gasteiger partial charge >= 0.3 is 0 Å². The third-order valence-corrected chi connectivity index (χ3v) is 4.54. The molecule has 0 spiro atoms. The molecular formula is C17H25N. The lowest BCUT2D eigenvalue weighted by molar-refractivity contribution is 0.476. The maximum absolute atomic E-state index is 3.76. The molecule has 18 heavy (non-hydrogen) atoms. The Morgan fingerprint density at radius 3 is 2.67 bits per heavy atom. The van der Waals surface area contributed by atoms with E-state index in [0.29, 0.717) is 6.04 Å². The van der Waals surface area contributed by atoms with Crippen molar-refractivity contribution in [1.82, 2.24) is 5.32 Å². The Labute approximate surface area is 111 Å². The molecule has 0 saturated heterocycles. The molecule has 3 rings (SSSR count). The average molecular weight is 243 g/mol. The third-order valence-electron chi connectivity index (χ3n) is 4.54. The van der Waals surface area contributed by atoms with Crippen molar-refractivity contribution in [2.24, 2.45) is 5.92 Å². The molecule has 1 heteroatoms. The molecule has 0 heterocycles. The van der Waals surface area contributed by atoms with E-state index in [4.69, 9.17) is 0 Å².